The summed E-state index contributed by atoms with van der Waals surface area (Å²) in [5.74, 6) is -0.480. The van der Waals surface area contributed by atoms with Gasteiger partial charge in [0.15, 0.2) is 5.78 Å². The molecule has 0 fully saturated rings. The standard InChI is InChI=1S/C15H21FO2/c1-5-15(6-2,18-7-3)14(17)12-9-8-11(4)13(16)10-12/h8-10H,5-7H2,1-4H3. The fourth-order valence-corrected chi connectivity index (χ4v) is 2.11. The van der Waals surface area contributed by atoms with Crippen molar-refractivity contribution in [2.45, 2.75) is 46.1 Å². The molecule has 1 aromatic carbocycles. The first-order valence-electron chi connectivity index (χ1n) is 6.45. The topological polar surface area (TPSA) is 26.3 Å². The van der Waals surface area contributed by atoms with Gasteiger partial charge in [-0.1, -0.05) is 26.0 Å². The van der Waals surface area contributed by atoms with Crippen LogP contribution in [0.4, 0.5) is 4.39 Å². The van der Waals surface area contributed by atoms with Gasteiger partial charge in [-0.2, -0.15) is 0 Å². The van der Waals surface area contributed by atoms with Crippen molar-refractivity contribution in [3.63, 3.8) is 0 Å². The van der Waals surface area contributed by atoms with Crippen molar-refractivity contribution < 1.29 is 13.9 Å². The molecule has 0 saturated carbocycles. The average molecular weight is 252 g/mol. The molecule has 0 aliphatic heterocycles. The summed E-state index contributed by atoms with van der Waals surface area (Å²) in [5.41, 5.74) is 0.105. The summed E-state index contributed by atoms with van der Waals surface area (Å²) in [5, 5.41) is 0. The maximum absolute atomic E-state index is 13.5. The highest BCUT2D eigenvalue weighted by Gasteiger charge is 2.36. The Morgan fingerprint density at radius 1 is 1.28 bits per heavy atom. The summed E-state index contributed by atoms with van der Waals surface area (Å²) in [6.45, 7) is 7.85. The maximum Gasteiger partial charge on any atom is 0.194 e. The number of rotatable bonds is 6. The fraction of sp³-hybridized carbons (Fsp3) is 0.533. The van der Waals surface area contributed by atoms with Crippen LogP contribution in [0.25, 0.3) is 0 Å². The highest BCUT2D eigenvalue weighted by Crippen LogP contribution is 2.26. The van der Waals surface area contributed by atoms with Crippen LogP contribution in [-0.4, -0.2) is 18.0 Å². The molecule has 1 rings (SSSR count). The zero-order valence-electron chi connectivity index (χ0n) is 11.5. The largest absolute Gasteiger partial charge is 0.367 e. The first kappa shape index (κ1) is 14.8. The number of ketones is 1. The van der Waals surface area contributed by atoms with E-state index < -0.39 is 5.60 Å². The SMILES string of the molecule is CCOC(CC)(CC)C(=O)c1ccc(C)c(F)c1. The van der Waals surface area contributed by atoms with Gasteiger partial charge in [0.05, 0.1) is 0 Å². The molecule has 0 radical (unpaired) electrons. The molecule has 0 aliphatic carbocycles. The Labute approximate surface area is 108 Å². The van der Waals surface area contributed by atoms with Crippen LogP contribution in [0.1, 0.15) is 49.5 Å². The lowest BCUT2D eigenvalue weighted by Crippen LogP contribution is -2.40. The molecule has 3 heteroatoms. The molecule has 0 N–H and O–H groups in total. The van der Waals surface area contributed by atoms with Crippen LogP contribution < -0.4 is 0 Å². The van der Waals surface area contributed by atoms with Gasteiger partial charge in [-0.25, -0.2) is 4.39 Å². The summed E-state index contributed by atoms with van der Waals surface area (Å²) < 4.78 is 19.2. The molecule has 0 aliphatic rings. The smallest absolute Gasteiger partial charge is 0.194 e. The van der Waals surface area contributed by atoms with Gasteiger partial charge < -0.3 is 4.74 Å². The Morgan fingerprint density at radius 3 is 2.33 bits per heavy atom. The average Bonchev–Trinajstić information content (AvgIpc) is 2.38. The van der Waals surface area contributed by atoms with E-state index >= 15 is 0 Å². The number of halogens is 1. The van der Waals surface area contributed by atoms with E-state index in [2.05, 4.69) is 0 Å². The van der Waals surface area contributed by atoms with E-state index in [4.69, 9.17) is 4.74 Å². The minimum atomic E-state index is -0.823. The van der Waals surface area contributed by atoms with Gasteiger partial charge in [0, 0.05) is 12.2 Å². The Kier molecular flexibility index (Phi) is 5.03. The summed E-state index contributed by atoms with van der Waals surface area (Å²) in [7, 11) is 0. The molecule has 2 nitrogen and oxygen atoms in total. The van der Waals surface area contributed by atoms with Crippen LogP contribution in [0, 0.1) is 12.7 Å². The lowest BCUT2D eigenvalue weighted by atomic mass is 9.87. The van der Waals surface area contributed by atoms with Crippen LogP contribution in [0.2, 0.25) is 0 Å². The predicted octanol–water partition coefficient (Wildman–Crippen LogP) is 3.91. The first-order chi connectivity index (χ1) is 8.50. The Hall–Kier alpha value is -1.22. The van der Waals surface area contributed by atoms with Crippen LogP contribution in [0.15, 0.2) is 18.2 Å². The van der Waals surface area contributed by atoms with Crippen molar-refractivity contribution in [3.8, 4) is 0 Å². The third-order valence-electron chi connectivity index (χ3n) is 3.41. The van der Waals surface area contributed by atoms with E-state index in [-0.39, 0.29) is 11.6 Å². The molecule has 100 valence electrons. The molecule has 0 saturated heterocycles. The number of ether oxygens (including phenoxy) is 1. The zero-order chi connectivity index (χ0) is 13.8. The number of hydrogen-bond donors (Lipinski definition) is 0. The lowest BCUT2D eigenvalue weighted by Gasteiger charge is -2.30. The highest BCUT2D eigenvalue weighted by atomic mass is 19.1. The van der Waals surface area contributed by atoms with Gasteiger partial charge in [-0.05, 0) is 38.3 Å². The summed E-state index contributed by atoms with van der Waals surface area (Å²) >= 11 is 0. The first-order valence-corrected chi connectivity index (χ1v) is 6.45. The second-order valence-electron chi connectivity index (χ2n) is 4.43. The van der Waals surface area contributed by atoms with Gasteiger partial charge in [0.2, 0.25) is 0 Å². The van der Waals surface area contributed by atoms with Crippen LogP contribution >= 0.6 is 0 Å². The number of hydrogen-bond acceptors (Lipinski definition) is 2. The molecule has 0 aromatic heterocycles. The molecular formula is C15H21FO2. The number of aryl methyl sites for hydroxylation is 1. The van der Waals surface area contributed by atoms with Gasteiger partial charge in [0.25, 0.3) is 0 Å². The molecule has 0 amide bonds. The third-order valence-corrected chi connectivity index (χ3v) is 3.41. The molecule has 0 heterocycles. The van der Waals surface area contributed by atoms with E-state index in [1.807, 2.05) is 20.8 Å². The normalized spacial score (nSPS) is 11.6. The van der Waals surface area contributed by atoms with Crippen LogP contribution in [0.3, 0.4) is 0 Å². The Balaban J connectivity index is 3.13. The quantitative estimate of drug-likeness (QED) is 0.717. The van der Waals surface area contributed by atoms with E-state index in [0.29, 0.717) is 30.6 Å². The summed E-state index contributed by atoms with van der Waals surface area (Å²) in [6, 6.07) is 4.60. The monoisotopic (exact) mass is 252 g/mol. The van der Waals surface area contributed by atoms with Gasteiger partial charge in [-0.15, -0.1) is 0 Å². The summed E-state index contributed by atoms with van der Waals surface area (Å²) in [6.07, 6.45) is 1.18. The van der Waals surface area contributed by atoms with E-state index in [1.54, 1.807) is 19.1 Å². The highest BCUT2D eigenvalue weighted by molar-refractivity contribution is 6.02. The Morgan fingerprint density at radius 2 is 1.89 bits per heavy atom. The summed E-state index contributed by atoms with van der Waals surface area (Å²) in [4.78, 5) is 12.5. The molecule has 0 atom stereocenters. The van der Waals surface area contributed by atoms with Crippen molar-refractivity contribution in [1.82, 2.24) is 0 Å². The van der Waals surface area contributed by atoms with E-state index in [0.717, 1.165) is 0 Å². The number of Topliss-reactive ketones (excluding diaryl/α,β-unsaturated/α-hetero) is 1. The van der Waals surface area contributed by atoms with Crippen molar-refractivity contribution in [2.24, 2.45) is 0 Å². The van der Waals surface area contributed by atoms with Gasteiger partial charge >= 0.3 is 0 Å². The number of carbonyl (C=O) groups excluding carboxylic acids is 1. The minimum Gasteiger partial charge on any atom is -0.367 e. The number of benzene rings is 1. The molecular weight excluding hydrogens is 231 g/mol. The zero-order valence-corrected chi connectivity index (χ0v) is 11.5. The molecule has 18 heavy (non-hydrogen) atoms. The van der Waals surface area contributed by atoms with Gasteiger partial charge in [0.1, 0.15) is 11.4 Å². The fourth-order valence-electron chi connectivity index (χ4n) is 2.11. The van der Waals surface area contributed by atoms with Crippen LogP contribution in [0.5, 0.6) is 0 Å². The van der Waals surface area contributed by atoms with E-state index in [9.17, 15) is 9.18 Å². The van der Waals surface area contributed by atoms with Crippen molar-refractivity contribution >= 4 is 5.78 Å². The lowest BCUT2D eigenvalue weighted by molar-refractivity contribution is -0.0250. The second kappa shape index (κ2) is 6.10. The van der Waals surface area contributed by atoms with Crippen molar-refractivity contribution in [2.75, 3.05) is 6.61 Å². The Bertz CT molecular complexity index is 423. The third kappa shape index (κ3) is 2.78. The predicted molar refractivity (Wildman–Crippen MR) is 70.4 cm³/mol. The van der Waals surface area contributed by atoms with E-state index in [1.165, 1.54) is 6.07 Å². The van der Waals surface area contributed by atoms with Gasteiger partial charge in [-0.3, -0.25) is 4.79 Å². The second-order valence-corrected chi connectivity index (χ2v) is 4.43. The molecule has 1 aromatic rings. The molecule has 0 spiro atoms. The minimum absolute atomic E-state index is 0.131. The van der Waals surface area contributed by atoms with Crippen molar-refractivity contribution in [3.05, 3.63) is 35.1 Å². The van der Waals surface area contributed by atoms with Crippen molar-refractivity contribution in [1.29, 1.82) is 0 Å². The molecule has 0 unspecified atom stereocenters. The molecule has 0 bridgehead atoms. The maximum atomic E-state index is 13.5. The van der Waals surface area contributed by atoms with Crippen LogP contribution in [-0.2, 0) is 4.74 Å². The number of carbonyl (C=O) groups is 1.